The van der Waals surface area contributed by atoms with Crippen molar-refractivity contribution in [3.05, 3.63) is 89.8 Å². The van der Waals surface area contributed by atoms with Gasteiger partial charge in [-0.3, -0.25) is 9.59 Å². The first kappa shape index (κ1) is 22.8. The summed E-state index contributed by atoms with van der Waals surface area (Å²) in [6, 6.07) is 15.5. The van der Waals surface area contributed by atoms with E-state index in [0.29, 0.717) is 30.0 Å². The van der Waals surface area contributed by atoms with Gasteiger partial charge < -0.3 is 24.6 Å². The van der Waals surface area contributed by atoms with Crippen LogP contribution < -0.4 is 15.0 Å². The number of aliphatic hydroxyl groups is 1. The fraction of sp³-hybridized carbons (Fsp3) is 0.214. The molecule has 1 saturated heterocycles. The topological polar surface area (TPSA) is 101 Å². The largest absolute Gasteiger partial charge is 0.468 e. The van der Waals surface area contributed by atoms with Gasteiger partial charge in [0.25, 0.3) is 0 Å². The lowest BCUT2D eigenvalue weighted by atomic mass is 9.92. The minimum Gasteiger partial charge on any atom is -0.468 e. The molecule has 9 nitrogen and oxygen atoms in total. The molecule has 2 N–H and O–H groups in total. The maximum Gasteiger partial charge on any atom is 0.249 e. The van der Waals surface area contributed by atoms with Gasteiger partial charge in [0.15, 0.2) is 0 Å². The Bertz CT molecular complexity index is 1620. The Balaban J connectivity index is 1.54. The van der Waals surface area contributed by atoms with Crippen molar-refractivity contribution in [1.29, 1.82) is 0 Å². The molecule has 2 atom stereocenters. The molecular weight excluding hydrogens is 470 g/mol. The summed E-state index contributed by atoms with van der Waals surface area (Å²) in [5.41, 5.74) is 0.342. The van der Waals surface area contributed by atoms with Crippen LogP contribution in [0.15, 0.2) is 67.1 Å². The van der Waals surface area contributed by atoms with E-state index >= 15 is 0 Å². The summed E-state index contributed by atoms with van der Waals surface area (Å²) in [7, 11) is 0. The second-order valence-corrected chi connectivity index (χ2v) is 9.43. The number of nitrogens with one attached hydrogen (secondary N) is 1. The van der Waals surface area contributed by atoms with Gasteiger partial charge in [0.1, 0.15) is 29.7 Å². The molecule has 2 aliphatic rings. The molecular formula is C28H23N5O4. The highest BCUT2D eigenvalue weighted by Gasteiger charge is 2.35. The van der Waals surface area contributed by atoms with Gasteiger partial charge in [-0.15, -0.1) is 0 Å². The van der Waals surface area contributed by atoms with Crippen LogP contribution in [-0.4, -0.2) is 39.1 Å². The Morgan fingerprint density at radius 1 is 1.19 bits per heavy atom. The number of carbonyl (C=O) groups is 2. The van der Waals surface area contributed by atoms with Crippen molar-refractivity contribution in [2.45, 2.75) is 31.5 Å². The zero-order valence-corrected chi connectivity index (χ0v) is 20.0. The maximum absolute atomic E-state index is 13.3. The van der Waals surface area contributed by atoms with E-state index < -0.39 is 11.6 Å². The molecule has 0 saturated carbocycles. The summed E-state index contributed by atoms with van der Waals surface area (Å²) in [5, 5.41) is 16.2. The van der Waals surface area contributed by atoms with E-state index in [4.69, 9.17) is 11.3 Å². The van der Waals surface area contributed by atoms with Gasteiger partial charge in [0, 0.05) is 11.9 Å². The lowest BCUT2D eigenvalue weighted by Crippen LogP contribution is -2.43. The van der Waals surface area contributed by atoms with Crippen LogP contribution in [0.2, 0.25) is 0 Å². The molecule has 4 aromatic rings. The van der Waals surface area contributed by atoms with E-state index in [9.17, 15) is 14.7 Å². The highest BCUT2D eigenvalue weighted by Crippen LogP contribution is 2.40. The summed E-state index contributed by atoms with van der Waals surface area (Å²) in [5.74, 6) is 0.242. The highest BCUT2D eigenvalue weighted by atomic mass is 16.5. The van der Waals surface area contributed by atoms with Crippen molar-refractivity contribution in [3.63, 3.8) is 0 Å². The van der Waals surface area contributed by atoms with Crippen LogP contribution in [-0.2, 0) is 21.7 Å². The zero-order chi connectivity index (χ0) is 25.7. The number of hydrogen-bond donors (Lipinski definition) is 2. The number of nitrogens with zero attached hydrogens (tertiary/aromatic N) is 4. The second kappa shape index (κ2) is 8.47. The van der Waals surface area contributed by atoms with E-state index in [-0.39, 0.29) is 29.8 Å². The van der Waals surface area contributed by atoms with Gasteiger partial charge in [0.2, 0.25) is 17.5 Å². The van der Waals surface area contributed by atoms with Crippen LogP contribution in [0.1, 0.15) is 24.6 Å². The molecule has 2 aliphatic heterocycles. The number of amides is 2. The standard InChI is InChI=1S/C28H23N5O4/c1-28(36)18-7-9-21(29-2)24(12-18)37-19-8-6-17-4-3-5-23(20(17)13-19)33-11-10-22(27(33)35)31-26(34)15-32-16-30-14-25(28)32/h3-9,12-14,16,22,36H,10-11,15H2,1H3,(H,31,34)/t22-,28?/m1/s1. The minimum atomic E-state index is -1.54. The molecule has 1 fully saturated rings. The van der Waals surface area contributed by atoms with Crippen molar-refractivity contribution in [2.75, 3.05) is 11.4 Å². The molecule has 3 aromatic carbocycles. The van der Waals surface area contributed by atoms with E-state index in [2.05, 4.69) is 15.1 Å². The minimum absolute atomic E-state index is 0.116. The fourth-order valence-corrected chi connectivity index (χ4v) is 5.10. The number of carbonyl (C=O) groups excluding carboxylic acids is 2. The first-order valence-corrected chi connectivity index (χ1v) is 11.9. The molecule has 2 amide bonds. The second-order valence-electron chi connectivity index (χ2n) is 9.43. The van der Waals surface area contributed by atoms with Gasteiger partial charge in [-0.05, 0) is 48.6 Å². The third-order valence-electron chi connectivity index (χ3n) is 7.06. The van der Waals surface area contributed by atoms with Crippen LogP contribution in [0.5, 0.6) is 11.5 Å². The normalized spacial score (nSPS) is 21.2. The van der Waals surface area contributed by atoms with Crippen LogP contribution in [0.25, 0.3) is 15.6 Å². The third kappa shape index (κ3) is 3.79. The van der Waals surface area contributed by atoms with Crippen LogP contribution in [0.4, 0.5) is 11.4 Å². The van der Waals surface area contributed by atoms with Gasteiger partial charge in [-0.25, -0.2) is 9.83 Å². The molecule has 184 valence electrons. The van der Waals surface area contributed by atoms with E-state index in [1.807, 2.05) is 36.4 Å². The SMILES string of the molecule is [C-]#[N+]c1ccc2cc1Oc1ccc3cccc(c3c1)N1CC[C@@H](NC(=O)Cn3cncc3C2(C)O)C1=O. The number of aromatic nitrogens is 2. The van der Waals surface area contributed by atoms with Crippen molar-refractivity contribution < 1.29 is 19.4 Å². The Morgan fingerprint density at radius 3 is 2.89 bits per heavy atom. The Kier molecular flexibility index (Phi) is 5.21. The zero-order valence-electron chi connectivity index (χ0n) is 20.0. The lowest BCUT2D eigenvalue weighted by Gasteiger charge is -2.26. The number of benzene rings is 3. The molecule has 9 heteroatoms. The fourth-order valence-electron chi connectivity index (χ4n) is 5.10. The smallest absolute Gasteiger partial charge is 0.249 e. The van der Waals surface area contributed by atoms with E-state index in [0.717, 1.165) is 16.5 Å². The van der Waals surface area contributed by atoms with Crippen LogP contribution in [0.3, 0.4) is 0 Å². The van der Waals surface area contributed by atoms with Crippen LogP contribution >= 0.6 is 0 Å². The van der Waals surface area contributed by atoms with Crippen molar-refractivity contribution in [3.8, 4) is 11.5 Å². The number of anilines is 1. The van der Waals surface area contributed by atoms with Crippen molar-refractivity contribution in [1.82, 2.24) is 14.9 Å². The molecule has 6 bridgehead atoms. The molecule has 3 heterocycles. The average molecular weight is 494 g/mol. The lowest BCUT2D eigenvalue weighted by molar-refractivity contribution is -0.126. The molecule has 0 aliphatic carbocycles. The molecule has 1 aromatic heterocycles. The Hall–Kier alpha value is -4.68. The molecule has 6 rings (SSSR count). The highest BCUT2D eigenvalue weighted by molar-refractivity contribution is 6.08. The summed E-state index contributed by atoms with van der Waals surface area (Å²) >= 11 is 0. The summed E-state index contributed by atoms with van der Waals surface area (Å²) in [4.78, 5) is 35.7. The number of imidazole rings is 1. The quantitative estimate of drug-likeness (QED) is 0.362. The van der Waals surface area contributed by atoms with E-state index in [1.165, 1.54) is 12.5 Å². The molecule has 0 spiro atoms. The molecule has 1 unspecified atom stereocenters. The Morgan fingerprint density at radius 2 is 2.05 bits per heavy atom. The number of ether oxygens (including phenoxy) is 1. The molecule has 37 heavy (non-hydrogen) atoms. The monoisotopic (exact) mass is 493 g/mol. The number of hydrogen-bond acceptors (Lipinski definition) is 5. The number of fused-ring (bicyclic) bond motifs is 7. The van der Waals surface area contributed by atoms with Crippen molar-refractivity contribution >= 4 is 34.0 Å². The first-order chi connectivity index (χ1) is 17.8. The van der Waals surface area contributed by atoms with Crippen LogP contribution in [0, 0.1) is 6.57 Å². The predicted molar refractivity (Wildman–Crippen MR) is 137 cm³/mol. The summed E-state index contributed by atoms with van der Waals surface area (Å²) in [6.45, 7) is 9.56. The van der Waals surface area contributed by atoms with Crippen molar-refractivity contribution in [2.24, 2.45) is 0 Å². The van der Waals surface area contributed by atoms with E-state index in [1.54, 1.807) is 34.6 Å². The van der Waals surface area contributed by atoms with Gasteiger partial charge in [0.05, 0.1) is 30.5 Å². The first-order valence-electron chi connectivity index (χ1n) is 11.9. The maximum atomic E-state index is 13.3. The molecule has 0 radical (unpaired) electrons. The third-order valence-corrected chi connectivity index (χ3v) is 7.06. The van der Waals surface area contributed by atoms with Gasteiger partial charge in [-0.1, -0.05) is 30.3 Å². The average Bonchev–Trinajstić information content (AvgIpc) is 3.50. The predicted octanol–water partition coefficient (Wildman–Crippen LogP) is 3.87. The van der Waals surface area contributed by atoms with Gasteiger partial charge >= 0.3 is 0 Å². The Labute approximate surface area is 212 Å². The summed E-state index contributed by atoms with van der Waals surface area (Å²) < 4.78 is 7.75. The number of rotatable bonds is 0. The summed E-state index contributed by atoms with van der Waals surface area (Å²) in [6.07, 6.45) is 3.44. The van der Waals surface area contributed by atoms with Gasteiger partial charge in [-0.2, -0.15) is 0 Å².